The molecule has 0 aromatic heterocycles. The van der Waals surface area contributed by atoms with Crippen LogP contribution in [0.5, 0.6) is 0 Å². The van der Waals surface area contributed by atoms with Crippen molar-refractivity contribution in [3.05, 3.63) is 0 Å². The quantitative estimate of drug-likeness (QED) is 0.682. The zero-order chi connectivity index (χ0) is 7.90. The van der Waals surface area contributed by atoms with Crippen molar-refractivity contribution in [2.75, 3.05) is 19.7 Å². The SMILES string of the molecule is Cl.FC1(F)CC1C1CNCCO1. The minimum Gasteiger partial charge on any atom is -0.375 e. The third-order valence-electron chi connectivity index (χ3n) is 2.28. The largest absolute Gasteiger partial charge is 0.375 e. The van der Waals surface area contributed by atoms with Gasteiger partial charge < -0.3 is 10.1 Å². The molecule has 1 aliphatic carbocycles. The van der Waals surface area contributed by atoms with Gasteiger partial charge in [-0.2, -0.15) is 0 Å². The molecular formula is C7H12ClF2NO. The van der Waals surface area contributed by atoms with E-state index in [0.29, 0.717) is 13.2 Å². The third-order valence-corrected chi connectivity index (χ3v) is 2.28. The van der Waals surface area contributed by atoms with Crippen molar-refractivity contribution in [2.24, 2.45) is 5.92 Å². The second-order valence-electron chi connectivity index (χ2n) is 3.19. The number of morpholine rings is 1. The Bertz CT molecular complexity index is 161. The van der Waals surface area contributed by atoms with Crippen molar-refractivity contribution in [2.45, 2.75) is 18.4 Å². The predicted octanol–water partition coefficient (Wildman–Crippen LogP) is 1.05. The van der Waals surface area contributed by atoms with Crippen molar-refractivity contribution >= 4 is 12.4 Å². The topological polar surface area (TPSA) is 21.3 Å². The maximum absolute atomic E-state index is 12.5. The number of halogens is 3. The molecule has 1 aliphatic heterocycles. The molecule has 12 heavy (non-hydrogen) atoms. The van der Waals surface area contributed by atoms with Gasteiger partial charge >= 0.3 is 0 Å². The van der Waals surface area contributed by atoms with Crippen LogP contribution in [0.3, 0.4) is 0 Å². The molecular weight excluding hydrogens is 188 g/mol. The van der Waals surface area contributed by atoms with Gasteiger partial charge in [0.1, 0.15) is 0 Å². The molecule has 1 N–H and O–H groups in total. The van der Waals surface area contributed by atoms with Crippen LogP contribution in [0.4, 0.5) is 8.78 Å². The Labute approximate surface area is 76.1 Å². The summed E-state index contributed by atoms with van der Waals surface area (Å²) in [6, 6.07) is 0. The fourth-order valence-corrected chi connectivity index (χ4v) is 1.48. The molecule has 5 heteroatoms. The molecule has 1 saturated heterocycles. The number of hydrogen-bond donors (Lipinski definition) is 1. The first-order valence-electron chi connectivity index (χ1n) is 3.90. The van der Waals surface area contributed by atoms with E-state index < -0.39 is 11.8 Å². The van der Waals surface area contributed by atoms with Gasteiger partial charge in [0.25, 0.3) is 5.92 Å². The molecule has 1 saturated carbocycles. The predicted molar refractivity (Wildman–Crippen MR) is 42.9 cm³/mol. The molecule has 0 spiro atoms. The fraction of sp³-hybridized carbons (Fsp3) is 1.00. The van der Waals surface area contributed by atoms with E-state index in [0.717, 1.165) is 6.54 Å². The lowest BCUT2D eigenvalue weighted by molar-refractivity contribution is -0.0183. The lowest BCUT2D eigenvalue weighted by Crippen LogP contribution is -2.40. The smallest absolute Gasteiger partial charge is 0.254 e. The van der Waals surface area contributed by atoms with Gasteiger partial charge in [0.15, 0.2) is 0 Å². The first-order valence-corrected chi connectivity index (χ1v) is 3.90. The number of rotatable bonds is 1. The van der Waals surface area contributed by atoms with Crippen LogP contribution in [0.25, 0.3) is 0 Å². The van der Waals surface area contributed by atoms with E-state index in [9.17, 15) is 8.78 Å². The molecule has 2 rings (SSSR count). The first-order chi connectivity index (χ1) is 5.20. The molecule has 0 aromatic carbocycles. The summed E-state index contributed by atoms with van der Waals surface area (Å²) in [5.74, 6) is -2.96. The average Bonchev–Trinajstić information content (AvgIpc) is 2.62. The molecule has 0 bridgehead atoms. The van der Waals surface area contributed by atoms with E-state index in [4.69, 9.17) is 4.74 Å². The van der Waals surface area contributed by atoms with E-state index in [-0.39, 0.29) is 24.9 Å². The van der Waals surface area contributed by atoms with E-state index in [2.05, 4.69) is 5.32 Å². The summed E-state index contributed by atoms with van der Waals surface area (Å²) in [6.07, 6.45) is -0.238. The minimum atomic E-state index is -2.44. The summed E-state index contributed by atoms with van der Waals surface area (Å²) in [7, 11) is 0. The van der Waals surface area contributed by atoms with E-state index >= 15 is 0 Å². The summed E-state index contributed by atoms with van der Waals surface area (Å²) >= 11 is 0. The molecule has 0 radical (unpaired) electrons. The maximum atomic E-state index is 12.5. The third kappa shape index (κ3) is 1.87. The van der Waals surface area contributed by atoms with Crippen LogP contribution >= 0.6 is 12.4 Å². The lowest BCUT2D eigenvalue weighted by atomic mass is 10.2. The number of hydrogen-bond acceptors (Lipinski definition) is 2. The van der Waals surface area contributed by atoms with Gasteiger partial charge in [0, 0.05) is 19.5 Å². The van der Waals surface area contributed by atoms with Crippen molar-refractivity contribution in [1.82, 2.24) is 5.32 Å². The highest BCUT2D eigenvalue weighted by Crippen LogP contribution is 2.51. The molecule has 0 amide bonds. The van der Waals surface area contributed by atoms with Crippen LogP contribution in [-0.2, 0) is 4.74 Å². The Kier molecular flexibility index (Phi) is 2.91. The van der Waals surface area contributed by atoms with Crippen molar-refractivity contribution < 1.29 is 13.5 Å². The molecule has 2 fully saturated rings. The zero-order valence-electron chi connectivity index (χ0n) is 6.56. The van der Waals surface area contributed by atoms with E-state index in [1.807, 2.05) is 0 Å². The van der Waals surface area contributed by atoms with Gasteiger partial charge in [0.2, 0.25) is 0 Å². The van der Waals surface area contributed by atoms with Crippen LogP contribution < -0.4 is 5.32 Å². The Morgan fingerprint density at radius 1 is 1.42 bits per heavy atom. The van der Waals surface area contributed by atoms with Gasteiger partial charge in [-0.3, -0.25) is 0 Å². The van der Waals surface area contributed by atoms with Crippen molar-refractivity contribution in [3.63, 3.8) is 0 Å². The van der Waals surface area contributed by atoms with Crippen LogP contribution in [0, 0.1) is 5.92 Å². The maximum Gasteiger partial charge on any atom is 0.254 e. The normalized spacial score (nSPS) is 38.5. The highest BCUT2D eigenvalue weighted by molar-refractivity contribution is 5.85. The summed E-state index contributed by atoms with van der Waals surface area (Å²) in [5, 5.41) is 3.04. The first kappa shape index (κ1) is 10.2. The van der Waals surface area contributed by atoms with Gasteiger partial charge in [-0.05, 0) is 0 Å². The summed E-state index contributed by atoms with van der Waals surface area (Å²) in [4.78, 5) is 0. The summed E-state index contributed by atoms with van der Waals surface area (Å²) < 4.78 is 30.1. The van der Waals surface area contributed by atoms with E-state index in [1.165, 1.54) is 0 Å². The zero-order valence-corrected chi connectivity index (χ0v) is 7.37. The van der Waals surface area contributed by atoms with Crippen LogP contribution in [0.15, 0.2) is 0 Å². The van der Waals surface area contributed by atoms with Gasteiger partial charge in [0.05, 0.1) is 18.6 Å². The van der Waals surface area contributed by atoms with Crippen molar-refractivity contribution in [1.29, 1.82) is 0 Å². The molecule has 2 nitrogen and oxygen atoms in total. The Balaban J connectivity index is 0.000000720. The molecule has 2 aliphatic rings. The van der Waals surface area contributed by atoms with Gasteiger partial charge in [-0.15, -0.1) is 12.4 Å². The Morgan fingerprint density at radius 2 is 2.08 bits per heavy atom. The van der Waals surface area contributed by atoms with Crippen LogP contribution in [0.2, 0.25) is 0 Å². The molecule has 2 unspecified atom stereocenters. The van der Waals surface area contributed by atoms with Crippen LogP contribution in [-0.4, -0.2) is 31.7 Å². The minimum absolute atomic E-state index is 0. The molecule has 1 heterocycles. The summed E-state index contributed by atoms with van der Waals surface area (Å²) in [5.41, 5.74) is 0. The Hall–Kier alpha value is 0.0700. The molecule has 72 valence electrons. The number of nitrogens with one attached hydrogen (secondary N) is 1. The van der Waals surface area contributed by atoms with Crippen LogP contribution in [0.1, 0.15) is 6.42 Å². The standard InChI is InChI=1S/C7H11F2NO.ClH/c8-7(9)3-5(7)6-4-10-1-2-11-6;/h5-6,10H,1-4H2;1H. The highest BCUT2D eigenvalue weighted by atomic mass is 35.5. The van der Waals surface area contributed by atoms with Crippen molar-refractivity contribution in [3.8, 4) is 0 Å². The monoisotopic (exact) mass is 199 g/mol. The lowest BCUT2D eigenvalue weighted by Gasteiger charge is -2.23. The summed E-state index contributed by atoms with van der Waals surface area (Å²) in [6.45, 7) is 1.94. The Morgan fingerprint density at radius 3 is 2.50 bits per heavy atom. The molecule has 2 atom stereocenters. The fourth-order valence-electron chi connectivity index (χ4n) is 1.48. The van der Waals surface area contributed by atoms with Gasteiger partial charge in [-0.25, -0.2) is 8.78 Å². The van der Waals surface area contributed by atoms with E-state index in [1.54, 1.807) is 0 Å². The van der Waals surface area contributed by atoms with Gasteiger partial charge in [-0.1, -0.05) is 0 Å². The second kappa shape index (κ2) is 3.44. The highest BCUT2D eigenvalue weighted by Gasteiger charge is 2.60. The molecule has 0 aromatic rings. The second-order valence-corrected chi connectivity index (χ2v) is 3.19. The number of ether oxygens (including phenoxy) is 1. The average molecular weight is 200 g/mol. The number of alkyl halides is 2.